The molecule has 1 amide bonds. The van der Waals surface area contributed by atoms with Gasteiger partial charge in [-0.2, -0.15) is 5.26 Å². The van der Waals surface area contributed by atoms with Crippen molar-refractivity contribution in [1.29, 1.82) is 5.26 Å². The van der Waals surface area contributed by atoms with Crippen LogP contribution in [0.4, 0.5) is 11.4 Å². The molecular weight excluding hydrogens is 326 g/mol. The van der Waals surface area contributed by atoms with Gasteiger partial charge in [0.1, 0.15) is 23.3 Å². The predicted molar refractivity (Wildman–Crippen MR) is 89.5 cm³/mol. The molecule has 2 aromatic rings. The van der Waals surface area contributed by atoms with Crippen LogP contribution in [0.1, 0.15) is 12.5 Å². The number of amides is 1. The molecule has 0 unspecified atom stereocenters. The van der Waals surface area contributed by atoms with Crippen LogP contribution in [0.25, 0.3) is 0 Å². The fourth-order valence-corrected chi connectivity index (χ4v) is 2.04. The van der Waals surface area contributed by atoms with Crippen LogP contribution in [0.5, 0.6) is 11.5 Å². The summed E-state index contributed by atoms with van der Waals surface area (Å²) in [6.45, 7) is 1.75. The van der Waals surface area contributed by atoms with Crippen LogP contribution < -0.4 is 14.8 Å². The topological polar surface area (TPSA) is 114 Å². The van der Waals surface area contributed by atoms with Gasteiger partial charge in [-0.3, -0.25) is 14.9 Å². The van der Waals surface area contributed by atoms with Crippen LogP contribution in [0.15, 0.2) is 42.5 Å². The van der Waals surface area contributed by atoms with Crippen LogP contribution in [0, 0.1) is 21.4 Å². The first-order valence-corrected chi connectivity index (χ1v) is 7.38. The highest BCUT2D eigenvalue weighted by Crippen LogP contribution is 2.29. The van der Waals surface area contributed by atoms with E-state index in [1.165, 1.54) is 18.2 Å². The zero-order valence-electron chi connectivity index (χ0n) is 13.4. The molecule has 8 heteroatoms. The number of benzene rings is 2. The van der Waals surface area contributed by atoms with Crippen LogP contribution in [-0.4, -0.2) is 24.0 Å². The lowest BCUT2D eigenvalue weighted by atomic mass is 10.2. The van der Waals surface area contributed by atoms with E-state index in [0.29, 0.717) is 17.9 Å². The number of carbonyl (C=O) groups excluding carboxylic acids is 1. The predicted octanol–water partition coefficient (Wildman–Crippen LogP) is 2.88. The van der Waals surface area contributed by atoms with Crippen molar-refractivity contribution in [3.8, 4) is 17.6 Å². The van der Waals surface area contributed by atoms with Crippen molar-refractivity contribution in [3.05, 3.63) is 58.1 Å². The Labute approximate surface area is 143 Å². The van der Waals surface area contributed by atoms with E-state index >= 15 is 0 Å². The van der Waals surface area contributed by atoms with Gasteiger partial charge >= 0.3 is 0 Å². The summed E-state index contributed by atoms with van der Waals surface area (Å²) in [4.78, 5) is 22.5. The third kappa shape index (κ3) is 4.68. The lowest BCUT2D eigenvalue weighted by molar-refractivity contribution is -0.384. The highest BCUT2D eigenvalue weighted by molar-refractivity contribution is 5.94. The molecule has 0 bridgehead atoms. The van der Waals surface area contributed by atoms with E-state index in [1.54, 1.807) is 31.2 Å². The Bertz CT molecular complexity index is 829. The molecular formula is C17H15N3O5. The summed E-state index contributed by atoms with van der Waals surface area (Å²) in [5, 5.41) is 22.5. The van der Waals surface area contributed by atoms with Crippen LogP contribution in [0.3, 0.4) is 0 Å². The van der Waals surface area contributed by atoms with Gasteiger partial charge in [0, 0.05) is 0 Å². The number of nitrogens with zero attached hydrogens (tertiary/aromatic N) is 2. The van der Waals surface area contributed by atoms with Gasteiger partial charge < -0.3 is 14.8 Å². The lowest BCUT2D eigenvalue weighted by Gasteiger charge is -2.10. The molecule has 128 valence electrons. The van der Waals surface area contributed by atoms with Crippen LogP contribution in [0.2, 0.25) is 0 Å². The largest absolute Gasteiger partial charge is 0.494 e. The molecule has 0 aliphatic carbocycles. The SMILES string of the molecule is CCOc1ccc(NC(=O)COc2ccccc2C#N)c([N+](=O)[O-])c1. The number of hydrogen-bond acceptors (Lipinski definition) is 6. The smallest absolute Gasteiger partial charge is 0.296 e. The molecule has 0 aliphatic rings. The summed E-state index contributed by atoms with van der Waals surface area (Å²) in [6.07, 6.45) is 0. The molecule has 25 heavy (non-hydrogen) atoms. The van der Waals surface area contributed by atoms with Gasteiger partial charge in [0.15, 0.2) is 6.61 Å². The number of nitrogens with one attached hydrogen (secondary N) is 1. The monoisotopic (exact) mass is 341 g/mol. The molecule has 2 rings (SSSR count). The number of carbonyl (C=O) groups is 1. The van der Waals surface area contributed by atoms with Gasteiger partial charge in [-0.05, 0) is 31.2 Å². The standard InChI is InChI=1S/C17H15N3O5/c1-2-24-13-7-8-14(15(9-13)20(22)23)19-17(21)11-25-16-6-4-3-5-12(16)10-18/h3-9H,2,11H2,1H3,(H,19,21). The van der Waals surface area contributed by atoms with Gasteiger partial charge in [-0.15, -0.1) is 0 Å². The number of nitro benzene ring substituents is 1. The molecule has 8 nitrogen and oxygen atoms in total. The maximum absolute atomic E-state index is 12.0. The normalized spacial score (nSPS) is 9.76. The molecule has 0 radical (unpaired) electrons. The first-order valence-electron chi connectivity index (χ1n) is 7.38. The second-order valence-electron chi connectivity index (χ2n) is 4.81. The van der Waals surface area contributed by atoms with E-state index in [2.05, 4.69) is 5.32 Å². The van der Waals surface area contributed by atoms with Gasteiger partial charge in [-0.25, -0.2) is 0 Å². The molecule has 0 saturated heterocycles. The van der Waals surface area contributed by atoms with E-state index in [1.807, 2.05) is 6.07 Å². The Hall–Kier alpha value is -3.60. The second-order valence-corrected chi connectivity index (χ2v) is 4.81. The number of nitriles is 1. The maximum Gasteiger partial charge on any atom is 0.296 e. The van der Waals surface area contributed by atoms with Crippen molar-refractivity contribution in [2.24, 2.45) is 0 Å². The van der Waals surface area contributed by atoms with Crippen molar-refractivity contribution in [2.75, 3.05) is 18.5 Å². The molecule has 2 aromatic carbocycles. The lowest BCUT2D eigenvalue weighted by Crippen LogP contribution is -2.21. The Balaban J connectivity index is 2.07. The van der Waals surface area contributed by atoms with E-state index in [4.69, 9.17) is 14.7 Å². The molecule has 0 saturated carbocycles. The number of para-hydroxylation sites is 1. The highest BCUT2D eigenvalue weighted by Gasteiger charge is 2.17. The Morgan fingerprint density at radius 2 is 2.04 bits per heavy atom. The Morgan fingerprint density at radius 3 is 2.72 bits per heavy atom. The summed E-state index contributed by atoms with van der Waals surface area (Å²) in [6, 6.07) is 12.6. The second kappa shape index (κ2) is 8.31. The molecule has 1 N–H and O–H groups in total. The fraction of sp³-hybridized carbons (Fsp3) is 0.176. The van der Waals surface area contributed by atoms with Crippen molar-refractivity contribution in [2.45, 2.75) is 6.92 Å². The summed E-state index contributed by atoms with van der Waals surface area (Å²) in [5.41, 5.74) is 0.0506. The number of rotatable bonds is 7. The number of nitro groups is 1. The van der Waals surface area contributed by atoms with E-state index < -0.39 is 10.8 Å². The third-order valence-corrected chi connectivity index (χ3v) is 3.12. The van der Waals surface area contributed by atoms with Gasteiger partial charge in [0.05, 0.1) is 23.2 Å². The van der Waals surface area contributed by atoms with Crippen molar-refractivity contribution < 1.29 is 19.2 Å². The molecule has 0 aliphatic heterocycles. The fourth-order valence-electron chi connectivity index (χ4n) is 2.04. The number of hydrogen-bond donors (Lipinski definition) is 1. The summed E-state index contributed by atoms with van der Waals surface area (Å²) in [7, 11) is 0. The number of ether oxygens (including phenoxy) is 2. The minimum absolute atomic E-state index is 0.0376. The molecule has 0 spiro atoms. The van der Waals surface area contributed by atoms with Crippen LogP contribution in [-0.2, 0) is 4.79 Å². The van der Waals surface area contributed by atoms with E-state index in [9.17, 15) is 14.9 Å². The van der Waals surface area contributed by atoms with Gasteiger partial charge in [-0.1, -0.05) is 12.1 Å². The van der Waals surface area contributed by atoms with E-state index in [0.717, 1.165) is 0 Å². The highest BCUT2D eigenvalue weighted by atomic mass is 16.6. The quantitative estimate of drug-likeness (QED) is 0.611. The minimum atomic E-state index is -0.607. The zero-order valence-corrected chi connectivity index (χ0v) is 13.4. The maximum atomic E-state index is 12.0. The third-order valence-electron chi connectivity index (χ3n) is 3.12. The zero-order chi connectivity index (χ0) is 18.2. The van der Waals surface area contributed by atoms with Crippen molar-refractivity contribution in [1.82, 2.24) is 0 Å². The minimum Gasteiger partial charge on any atom is -0.494 e. The van der Waals surface area contributed by atoms with Crippen LogP contribution >= 0.6 is 0 Å². The number of anilines is 1. The Kier molecular flexibility index (Phi) is 5.90. The first kappa shape index (κ1) is 17.7. The Morgan fingerprint density at radius 1 is 1.28 bits per heavy atom. The van der Waals surface area contributed by atoms with E-state index in [-0.39, 0.29) is 23.7 Å². The average molecular weight is 341 g/mol. The molecule has 0 atom stereocenters. The van der Waals surface area contributed by atoms with Crippen molar-refractivity contribution in [3.63, 3.8) is 0 Å². The van der Waals surface area contributed by atoms with Crippen molar-refractivity contribution >= 4 is 17.3 Å². The first-order chi connectivity index (χ1) is 12.0. The molecule has 0 heterocycles. The summed E-state index contributed by atoms with van der Waals surface area (Å²) in [5.74, 6) is 0.0211. The molecule has 0 fully saturated rings. The summed E-state index contributed by atoms with van der Waals surface area (Å²) >= 11 is 0. The average Bonchev–Trinajstić information content (AvgIpc) is 2.61. The summed E-state index contributed by atoms with van der Waals surface area (Å²) < 4.78 is 10.5. The van der Waals surface area contributed by atoms with Gasteiger partial charge in [0.2, 0.25) is 0 Å². The molecule has 0 aromatic heterocycles. The van der Waals surface area contributed by atoms with Gasteiger partial charge in [0.25, 0.3) is 11.6 Å².